The molecule has 1 atom stereocenters. The van der Waals surface area contributed by atoms with E-state index in [-0.39, 0.29) is 12.3 Å². The smallest absolute Gasteiger partial charge is 0.290 e. The van der Waals surface area contributed by atoms with Gasteiger partial charge in [0.2, 0.25) is 0 Å². The molecule has 0 saturated heterocycles. The molecule has 0 aromatic heterocycles. The standard InChI is InChI=1S/C24H19ClFNO2/c1-15-6-10-17(11-7-15)21-22(19-4-2-3-5-20(19)26)27(24(29)23(21)28)14-16-8-12-18(25)13-9-16/h2-13,22,28H,14H2,1H3/t22-/m0/s1. The first-order valence-electron chi connectivity index (χ1n) is 9.25. The van der Waals surface area contributed by atoms with E-state index in [4.69, 9.17) is 11.6 Å². The maximum absolute atomic E-state index is 14.8. The van der Waals surface area contributed by atoms with Crippen molar-refractivity contribution in [3.63, 3.8) is 0 Å². The summed E-state index contributed by atoms with van der Waals surface area (Å²) in [5, 5.41) is 11.3. The van der Waals surface area contributed by atoms with Crippen molar-refractivity contribution in [3.05, 3.63) is 112 Å². The van der Waals surface area contributed by atoms with Crippen molar-refractivity contribution in [3.8, 4) is 0 Å². The first-order chi connectivity index (χ1) is 14.0. The molecule has 0 radical (unpaired) electrons. The summed E-state index contributed by atoms with van der Waals surface area (Å²) in [6.45, 7) is 2.17. The summed E-state index contributed by atoms with van der Waals surface area (Å²) >= 11 is 5.96. The van der Waals surface area contributed by atoms with Gasteiger partial charge < -0.3 is 10.0 Å². The Morgan fingerprint density at radius 3 is 2.31 bits per heavy atom. The molecule has 5 heteroatoms. The SMILES string of the molecule is Cc1ccc(C2=C(O)C(=O)N(Cc3ccc(Cl)cc3)[C@H]2c2ccccc2F)cc1. The molecule has 0 spiro atoms. The van der Waals surface area contributed by atoms with Crippen LogP contribution in [0, 0.1) is 12.7 Å². The number of aliphatic hydroxyl groups is 1. The van der Waals surface area contributed by atoms with Gasteiger partial charge in [0, 0.05) is 22.7 Å². The number of benzene rings is 3. The first kappa shape index (κ1) is 19.2. The Morgan fingerprint density at radius 1 is 1.00 bits per heavy atom. The van der Waals surface area contributed by atoms with Crippen LogP contribution in [0.2, 0.25) is 5.02 Å². The fraction of sp³-hybridized carbons (Fsp3) is 0.125. The maximum atomic E-state index is 14.8. The molecule has 1 amide bonds. The second-order valence-corrected chi connectivity index (χ2v) is 7.55. The summed E-state index contributed by atoms with van der Waals surface area (Å²) in [5.41, 5.74) is 3.33. The Morgan fingerprint density at radius 2 is 1.66 bits per heavy atom. The number of halogens is 2. The van der Waals surface area contributed by atoms with Gasteiger partial charge in [-0.3, -0.25) is 4.79 Å². The number of carbonyl (C=O) groups excluding carboxylic acids is 1. The number of aliphatic hydroxyl groups excluding tert-OH is 1. The lowest BCUT2D eigenvalue weighted by Crippen LogP contribution is -2.30. The van der Waals surface area contributed by atoms with E-state index in [1.54, 1.807) is 30.3 Å². The van der Waals surface area contributed by atoms with E-state index in [0.29, 0.717) is 21.7 Å². The fourth-order valence-corrected chi connectivity index (χ4v) is 3.78. The zero-order valence-electron chi connectivity index (χ0n) is 15.8. The molecule has 0 unspecified atom stereocenters. The molecule has 0 fully saturated rings. The van der Waals surface area contributed by atoms with Crippen LogP contribution in [-0.4, -0.2) is 15.9 Å². The van der Waals surface area contributed by atoms with Crippen molar-refractivity contribution in [2.24, 2.45) is 0 Å². The van der Waals surface area contributed by atoms with E-state index >= 15 is 0 Å². The lowest BCUT2D eigenvalue weighted by Gasteiger charge is -2.28. The molecule has 0 bridgehead atoms. The Kier molecular flexibility index (Phi) is 5.12. The molecule has 3 aromatic rings. The van der Waals surface area contributed by atoms with Crippen LogP contribution in [0.25, 0.3) is 5.57 Å². The fourth-order valence-electron chi connectivity index (χ4n) is 3.65. The minimum absolute atomic E-state index is 0.217. The van der Waals surface area contributed by atoms with Gasteiger partial charge in [-0.05, 0) is 36.2 Å². The van der Waals surface area contributed by atoms with E-state index in [9.17, 15) is 14.3 Å². The molecular weight excluding hydrogens is 389 g/mol. The van der Waals surface area contributed by atoms with Gasteiger partial charge in [0.25, 0.3) is 5.91 Å². The van der Waals surface area contributed by atoms with Crippen molar-refractivity contribution >= 4 is 23.1 Å². The van der Waals surface area contributed by atoms with E-state index in [2.05, 4.69) is 0 Å². The molecule has 1 aliphatic heterocycles. The lowest BCUT2D eigenvalue weighted by molar-refractivity contribution is -0.130. The molecule has 4 rings (SSSR count). The average molecular weight is 408 g/mol. The minimum atomic E-state index is -0.734. The number of hydrogen-bond donors (Lipinski definition) is 1. The highest BCUT2D eigenvalue weighted by Gasteiger charge is 2.42. The highest BCUT2D eigenvalue weighted by Crippen LogP contribution is 2.44. The Balaban J connectivity index is 1.83. The van der Waals surface area contributed by atoms with Gasteiger partial charge in [0.05, 0.1) is 6.04 Å². The average Bonchev–Trinajstić information content (AvgIpc) is 2.95. The van der Waals surface area contributed by atoms with Crippen molar-refractivity contribution in [1.82, 2.24) is 4.90 Å². The highest BCUT2D eigenvalue weighted by molar-refractivity contribution is 6.30. The molecule has 3 aromatic carbocycles. The van der Waals surface area contributed by atoms with Gasteiger partial charge in [0.15, 0.2) is 5.76 Å². The first-order valence-corrected chi connectivity index (χ1v) is 9.63. The third kappa shape index (κ3) is 3.64. The van der Waals surface area contributed by atoms with Crippen LogP contribution in [0.5, 0.6) is 0 Å². The summed E-state index contributed by atoms with van der Waals surface area (Å²) in [4.78, 5) is 14.5. The third-order valence-corrected chi connectivity index (χ3v) is 5.38. The topological polar surface area (TPSA) is 40.5 Å². The number of amides is 1. The molecule has 1 N–H and O–H groups in total. The molecule has 0 aliphatic carbocycles. The van der Waals surface area contributed by atoms with Crippen LogP contribution in [0.15, 0.2) is 78.6 Å². The van der Waals surface area contributed by atoms with Crippen LogP contribution >= 0.6 is 11.6 Å². The third-order valence-electron chi connectivity index (χ3n) is 5.13. The molecule has 1 heterocycles. The van der Waals surface area contributed by atoms with Gasteiger partial charge in [0.1, 0.15) is 5.82 Å². The lowest BCUT2D eigenvalue weighted by atomic mass is 9.92. The molecule has 1 aliphatic rings. The van der Waals surface area contributed by atoms with Gasteiger partial charge in [-0.15, -0.1) is 0 Å². The van der Waals surface area contributed by atoms with E-state index in [0.717, 1.165) is 11.1 Å². The predicted molar refractivity (Wildman–Crippen MR) is 112 cm³/mol. The number of hydrogen-bond acceptors (Lipinski definition) is 2. The van der Waals surface area contributed by atoms with Crippen molar-refractivity contribution in [2.45, 2.75) is 19.5 Å². The molecule has 3 nitrogen and oxygen atoms in total. The molecule has 0 saturated carbocycles. The van der Waals surface area contributed by atoms with E-state index in [1.807, 2.05) is 43.3 Å². The predicted octanol–water partition coefficient (Wildman–Crippen LogP) is 5.84. The van der Waals surface area contributed by atoms with Crippen LogP contribution < -0.4 is 0 Å². The molecule has 146 valence electrons. The second-order valence-electron chi connectivity index (χ2n) is 7.11. The van der Waals surface area contributed by atoms with Gasteiger partial charge in [-0.25, -0.2) is 4.39 Å². The maximum Gasteiger partial charge on any atom is 0.290 e. The quantitative estimate of drug-likeness (QED) is 0.590. The second kappa shape index (κ2) is 7.72. The summed E-state index contributed by atoms with van der Waals surface area (Å²) < 4.78 is 14.8. The van der Waals surface area contributed by atoms with Crippen LogP contribution in [0.3, 0.4) is 0 Å². The molecular formula is C24H19ClFNO2. The number of rotatable bonds is 4. The number of nitrogens with zero attached hydrogens (tertiary/aromatic N) is 1. The summed E-state index contributed by atoms with van der Waals surface area (Å²) in [6, 6.07) is 20.2. The zero-order chi connectivity index (χ0) is 20.5. The number of carbonyl (C=O) groups is 1. The summed E-state index contributed by atoms with van der Waals surface area (Å²) in [6.07, 6.45) is 0. The normalized spacial score (nSPS) is 16.6. The monoisotopic (exact) mass is 407 g/mol. The number of aryl methyl sites for hydroxylation is 1. The van der Waals surface area contributed by atoms with Gasteiger partial charge >= 0.3 is 0 Å². The van der Waals surface area contributed by atoms with Crippen LogP contribution in [0.1, 0.15) is 28.3 Å². The highest BCUT2D eigenvalue weighted by atomic mass is 35.5. The largest absolute Gasteiger partial charge is 0.503 e. The Labute approximate surface area is 173 Å². The zero-order valence-corrected chi connectivity index (χ0v) is 16.5. The summed E-state index contributed by atoms with van der Waals surface area (Å²) in [7, 11) is 0. The van der Waals surface area contributed by atoms with Crippen molar-refractivity contribution < 1.29 is 14.3 Å². The molecule has 29 heavy (non-hydrogen) atoms. The minimum Gasteiger partial charge on any atom is -0.503 e. The van der Waals surface area contributed by atoms with Gasteiger partial charge in [-0.2, -0.15) is 0 Å². The summed E-state index contributed by atoms with van der Waals surface area (Å²) in [5.74, 6) is -1.30. The van der Waals surface area contributed by atoms with Gasteiger partial charge in [-0.1, -0.05) is 71.8 Å². The van der Waals surface area contributed by atoms with E-state index in [1.165, 1.54) is 11.0 Å². The van der Waals surface area contributed by atoms with E-state index < -0.39 is 17.8 Å². The van der Waals surface area contributed by atoms with Crippen molar-refractivity contribution in [1.29, 1.82) is 0 Å². The van der Waals surface area contributed by atoms with Crippen LogP contribution in [0.4, 0.5) is 4.39 Å². The van der Waals surface area contributed by atoms with Crippen molar-refractivity contribution in [2.75, 3.05) is 0 Å². The van der Waals surface area contributed by atoms with Crippen LogP contribution in [-0.2, 0) is 11.3 Å². The Bertz CT molecular complexity index is 1090. The Hall–Kier alpha value is -3.11.